The van der Waals surface area contributed by atoms with E-state index in [4.69, 9.17) is 14.1 Å². The number of carbonyl (C=O) groups excluding carboxylic acids is 1. The molecule has 2 amide bonds. The molecule has 0 spiro atoms. The number of fused-ring (bicyclic) bond motifs is 1. The normalized spacial score (nSPS) is 19.7. The Labute approximate surface area is 182 Å². The number of carbonyl (C=O) groups is 1. The van der Waals surface area contributed by atoms with Gasteiger partial charge < -0.3 is 19.4 Å². The van der Waals surface area contributed by atoms with Crippen LogP contribution in [0.5, 0.6) is 0 Å². The zero-order valence-corrected chi connectivity index (χ0v) is 17.6. The zero-order valence-electron chi connectivity index (χ0n) is 17.6. The van der Waals surface area contributed by atoms with Crippen LogP contribution in [0.3, 0.4) is 0 Å². The summed E-state index contributed by atoms with van der Waals surface area (Å²) in [6, 6.07) is 16.4. The van der Waals surface area contributed by atoms with E-state index in [0.29, 0.717) is 26.2 Å². The Hall–Kier alpha value is -2.90. The predicted molar refractivity (Wildman–Crippen MR) is 119 cm³/mol. The van der Waals surface area contributed by atoms with E-state index < -0.39 is 0 Å². The fourth-order valence-electron chi connectivity index (χ4n) is 4.27. The molecule has 0 saturated carbocycles. The highest BCUT2D eigenvalue weighted by molar-refractivity contribution is 5.80. The maximum atomic E-state index is 12.4. The van der Waals surface area contributed by atoms with Crippen LogP contribution in [0.2, 0.25) is 0 Å². The van der Waals surface area contributed by atoms with Crippen LogP contribution in [0.25, 0.3) is 22.2 Å². The molecule has 0 aliphatic carbocycles. The molecule has 162 valence electrons. The number of nitrogens with zero attached hydrogens (tertiary/aromatic N) is 3. The molecule has 3 heterocycles. The van der Waals surface area contributed by atoms with E-state index in [2.05, 4.69) is 34.5 Å². The smallest absolute Gasteiger partial charge is 0.317 e. The van der Waals surface area contributed by atoms with Gasteiger partial charge in [0.2, 0.25) is 5.89 Å². The van der Waals surface area contributed by atoms with E-state index in [9.17, 15) is 4.79 Å². The molecule has 2 aromatic carbocycles. The molecule has 2 aliphatic rings. The summed E-state index contributed by atoms with van der Waals surface area (Å²) in [7, 11) is 0. The van der Waals surface area contributed by atoms with E-state index in [0.717, 1.165) is 55.1 Å². The largest absolute Gasteiger partial charge is 0.439 e. The second-order valence-corrected chi connectivity index (χ2v) is 8.24. The summed E-state index contributed by atoms with van der Waals surface area (Å²) in [6.45, 7) is 5.09. The van der Waals surface area contributed by atoms with Gasteiger partial charge in [-0.05, 0) is 36.1 Å². The van der Waals surface area contributed by atoms with Crippen LogP contribution in [-0.4, -0.2) is 66.2 Å². The van der Waals surface area contributed by atoms with Gasteiger partial charge >= 0.3 is 6.03 Å². The number of nitrogens with one attached hydrogen (secondary N) is 1. The lowest BCUT2D eigenvalue weighted by Gasteiger charge is -2.34. The summed E-state index contributed by atoms with van der Waals surface area (Å²) in [5.74, 6) is 0.719. The van der Waals surface area contributed by atoms with Crippen molar-refractivity contribution in [1.29, 1.82) is 0 Å². The average Bonchev–Trinajstić information content (AvgIpc) is 3.47. The third-order valence-corrected chi connectivity index (χ3v) is 6.06. The molecule has 3 aromatic rings. The van der Waals surface area contributed by atoms with Crippen molar-refractivity contribution >= 4 is 17.1 Å². The minimum absolute atomic E-state index is 0.00505. The molecule has 1 atom stereocenters. The highest BCUT2D eigenvalue weighted by atomic mass is 16.5. The first kappa shape index (κ1) is 20.0. The molecule has 1 unspecified atom stereocenters. The first-order chi connectivity index (χ1) is 15.2. The fourth-order valence-corrected chi connectivity index (χ4v) is 4.27. The molecule has 7 heteroatoms. The molecule has 31 heavy (non-hydrogen) atoms. The molecule has 2 fully saturated rings. The Balaban J connectivity index is 1.15. The summed E-state index contributed by atoms with van der Waals surface area (Å²) in [6.07, 6.45) is 2.29. The highest BCUT2D eigenvalue weighted by Crippen LogP contribution is 2.25. The van der Waals surface area contributed by atoms with Gasteiger partial charge in [0, 0.05) is 39.3 Å². The van der Waals surface area contributed by atoms with Gasteiger partial charge in [-0.1, -0.05) is 36.4 Å². The van der Waals surface area contributed by atoms with Gasteiger partial charge in [-0.25, -0.2) is 9.78 Å². The maximum absolute atomic E-state index is 12.4. The molecule has 2 aliphatic heterocycles. The van der Waals surface area contributed by atoms with Crippen LogP contribution >= 0.6 is 0 Å². The van der Waals surface area contributed by atoms with Gasteiger partial charge in [0.1, 0.15) is 5.52 Å². The van der Waals surface area contributed by atoms with Crippen LogP contribution in [0.4, 0.5) is 4.79 Å². The topological polar surface area (TPSA) is 70.8 Å². The highest BCUT2D eigenvalue weighted by Gasteiger charge is 2.23. The summed E-state index contributed by atoms with van der Waals surface area (Å²) in [4.78, 5) is 21.3. The Bertz CT molecular complexity index is 1020. The van der Waals surface area contributed by atoms with Crippen LogP contribution in [0.15, 0.2) is 52.9 Å². The quantitative estimate of drug-likeness (QED) is 0.684. The molecular formula is C24H28N4O3. The molecule has 1 aromatic heterocycles. The van der Waals surface area contributed by atoms with E-state index in [1.54, 1.807) is 0 Å². The number of hydrogen-bond acceptors (Lipinski definition) is 5. The number of urea groups is 1. The average molecular weight is 421 g/mol. The Kier molecular flexibility index (Phi) is 5.86. The Morgan fingerprint density at radius 2 is 1.90 bits per heavy atom. The van der Waals surface area contributed by atoms with Crippen molar-refractivity contribution in [1.82, 2.24) is 20.1 Å². The Morgan fingerprint density at radius 3 is 2.68 bits per heavy atom. The van der Waals surface area contributed by atoms with Gasteiger partial charge in [-0.3, -0.25) is 4.90 Å². The van der Waals surface area contributed by atoms with Crippen molar-refractivity contribution in [2.75, 3.05) is 39.3 Å². The molecule has 0 radical (unpaired) electrons. The monoisotopic (exact) mass is 420 g/mol. The lowest BCUT2D eigenvalue weighted by molar-refractivity contribution is 0.103. The second-order valence-electron chi connectivity index (χ2n) is 8.24. The Morgan fingerprint density at radius 1 is 1.06 bits per heavy atom. The van der Waals surface area contributed by atoms with Gasteiger partial charge in [0.15, 0.2) is 5.58 Å². The van der Waals surface area contributed by atoms with Crippen LogP contribution in [0.1, 0.15) is 18.7 Å². The number of oxazole rings is 1. The van der Waals surface area contributed by atoms with Crippen molar-refractivity contribution in [3.63, 3.8) is 0 Å². The molecule has 5 rings (SSSR count). The molecular weight excluding hydrogens is 392 g/mol. The molecule has 2 saturated heterocycles. The van der Waals surface area contributed by atoms with E-state index >= 15 is 0 Å². The minimum Gasteiger partial charge on any atom is -0.439 e. The number of aromatic nitrogens is 1. The van der Waals surface area contributed by atoms with Crippen LogP contribution in [-0.2, 0) is 11.3 Å². The summed E-state index contributed by atoms with van der Waals surface area (Å²) < 4.78 is 11.5. The zero-order chi connectivity index (χ0) is 21.0. The first-order valence-electron chi connectivity index (χ1n) is 11.1. The molecule has 1 N–H and O–H groups in total. The van der Waals surface area contributed by atoms with Gasteiger partial charge in [-0.2, -0.15) is 0 Å². The standard InChI is InChI=1S/C24H28N4O3/c29-24(25-16-20-7-4-14-30-20)28-12-10-27(11-13-28)17-23-26-21-15-19(8-9-22(21)31-23)18-5-2-1-3-6-18/h1-3,5-6,8-9,15,20H,4,7,10-14,16-17H2,(H,25,29). The van der Waals surface area contributed by atoms with Gasteiger partial charge in [-0.15, -0.1) is 0 Å². The number of piperazine rings is 1. The lowest BCUT2D eigenvalue weighted by Crippen LogP contribution is -2.52. The first-order valence-corrected chi connectivity index (χ1v) is 11.1. The summed E-state index contributed by atoms with van der Waals surface area (Å²) >= 11 is 0. The lowest BCUT2D eigenvalue weighted by atomic mass is 10.1. The van der Waals surface area contributed by atoms with Crippen molar-refractivity contribution in [2.45, 2.75) is 25.5 Å². The minimum atomic E-state index is 0.00505. The molecule has 0 bridgehead atoms. The number of benzene rings is 2. The predicted octanol–water partition coefficient (Wildman–Crippen LogP) is 3.50. The maximum Gasteiger partial charge on any atom is 0.317 e. The van der Waals surface area contributed by atoms with Crippen LogP contribution < -0.4 is 5.32 Å². The van der Waals surface area contributed by atoms with Crippen LogP contribution in [0, 0.1) is 0 Å². The van der Waals surface area contributed by atoms with Crippen molar-refractivity contribution in [2.24, 2.45) is 0 Å². The van der Waals surface area contributed by atoms with E-state index in [1.807, 2.05) is 29.2 Å². The number of hydrogen-bond donors (Lipinski definition) is 1. The van der Waals surface area contributed by atoms with Gasteiger partial charge in [0.05, 0.1) is 12.6 Å². The fraction of sp³-hybridized carbons (Fsp3) is 0.417. The number of rotatable bonds is 5. The van der Waals surface area contributed by atoms with Crippen molar-refractivity contribution in [3.8, 4) is 11.1 Å². The summed E-state index contributed by atoms with van der Waals surface area (Å²) in [5, 5.41) is 3.01. The second kappa shape index (κ2) is 9.08. The number of ether oxygens (including phenoxy) is 1. The number of amides is 2. The van der Waals surface area contributed by atoms with E-state index in [1.165, 1.54) is 5.56 Å². The van der Waals surface area contributed by atoms with Gasteiger partial charge in [0.25, 0.3) is 0 Å². The SMILES string of the molecule is O=C(NCC1CCCO1)N1CCN(Cc2nc3cc(-c4ccccc4)ccc3o2)CC1. The summed E-state index contributed by atoms with van der Waals surface area (Å²) in [5.41, 5.74) is 3.99. The van der Waals surface area contributed by atoms with Crippen molar-refractivity contribution < 1.29 is 13.9 Å². The third kappa shape index (κ3) is 4.73. The van der Waals surface area contributed by atoms with E-state index in [-0.39, 0.29) is 12.1 Å². The third-order valence-electron chi connectivity index (χ3n) is 6.06. The van der Waals surface area contributed by atoms with Crippen molar-refractivity contribution in [3.05, 3.63) is 54.4 Å². The molecule has 7 nitrogen and oxygen atoms in total.